The lowest BCUT2D eigenvalue weighted by atomic mass is 9.74. The minimum Gasteiger partial charge on any atom is -0.465 e. The van der Waals surface area contributed by atoms with Crippen LogP contribution in [0.5, 0.6) is 0 Å². The van der Waals surface area contributed by atoms with Crippen molar-refractivity contribution >= 4 is 12.1 Å². The Hall–Kier alpha value is -1.34. The minimum atomic E-state index is -0.787. The first-order valence-electron chi connectivity index (χ1n) is 10.3. The molecule has 1 amide bonds. The Morgan fingerprint density at radius 3 is 2.07 bits per heavy atom. The van der Waals surface area contributed by atoms with Gasteiger partial charge in [-0.15, -0.1) is 0 Å². The van der Waals surface area contributed by atoms with Crippen molar-refractivity contribution in [2.24, 2.45) is 5.41 Å². The fourth-order valence-corrected chi connectivity index (χ4v) is 5.00. The zero-order valence-corrected chi connectivity index (χ0v) is 18.7. The standard InChI is InChI=1S/C21H37NO6/c1-9-20(13-26-16(4)23)14-27-21(28-15(20)3)11-18(5,6)22(17(24)25-10-2)19(7,8)12-21/h15H,9-14H2,1-8H3. The van der Waals surface area contributed by atoms with E-state index >= 15 is 0 Å². The van der Waals surface area contributed by atoms with Crippen molar-refractivity contribution < 1.29 is 28.5 Å². The first kappa shape index (κ1) is 22.9. The molecule has 2 unspecified atom stereocenters. The van der Waals surface area contributed by atoms with Gasteiger partial charge in [0.1, 0.15) is 6.61 Å². The molecule has 0 saturated carbocycles. The smallest absolute Gasteiger partial charge is 0.410 e. The van der Waals surface area contributed by atoms with E-state index in [-0.39, 0.29) is 30.2 Å². The Bertz CT molecular complexity index is 584. The minimum absolute atomic E-state index is 0.147. The predicted octanol–water partition coefficient (Wildman–Crippen LogP) is 3.89. The quantitative estimate of drug-likeness (QED) is 0.668. The normalized spacial score (nSPS) is 30.7. The SMILES string of the molecule is CCOC(=O)N1C(C)(C)CC2(CC1(C)C)OCC(CC)(COC(C)=O)C(C)O2. The monoisotopic (exact) mass is 399 g/mol. The highest BCUT2D eigenvalue weighted by atomic mass is 16.7. The molecule has 0 N–H and O–H groups in total. The lowest BCUT2D eigenvalue weighted by Crippen LogP contribution is -2.70. The molecule has 0 aliphatic carbocycles. The van der Waals surface area contributed by atoms with Gasteiger partial charge in [-0.25, -0.2) is 4.79 Å². The molecule has 1 spiro atoms. The van der Waals surface area contributed by atoms with Gasteiger partial charge in [-0.1, -0.05) is 6.92 Å². The van der Waals surface area contributed by atoms with E-state index in [0.29, 0.717) is 26.1 Å². The van der Waals surface area contributed by atoms with Crippen molar-refractivity contribution in [1.82, 2.24) is 4.90 Å². The molecule has 0 aromatic carbocycles. The highest BCUT2D eigenvalue weighted by molar-refractivity contribution is 5.70. The van der Waals surface area contributed by atoms with Gasteiger partial charge in [0.2, 0.25) is 0 Å². The third-order valence-electron chi connectivity index (χ3n) is 6.21. The average Bonchev–Trinajstić information content (AvgIpc) is 2.52. The lowest BCUT2D eigenvalue weighted by molar-refractivity contribution is -0.364. The van der Waals surface area contributed by atoms with Crippen molar-refractivity contribution in [3.63, 3.8) is 0 Å². The van der Waals surface area contributed by atoms with Crippen LogP contribution in [-0.4, -0.2) is 59.8 Å². The Balaban J connectivity index is 2.25. The molecule has 2 heterocycles. The van der Waals surface area contributed by atoms with Crippen LogP contribution in [0.2, 0.25) is 0 Å². The zero-order valence-electron chi connectivity index (χ0n) is 18.7. The van der Waals surface area contributed by atoms with Crippen molar-refractivity contribution in [3.8, 4) is 0 Å². The van der Waals surface area contributed by atoms with E-state index in [2.05, 4.69) is 6.92 Å². The van der Waals surface area contributed by atoms with Gasteiger partial charge < -0.3 is 18.9 Å². The zero-order chi connectivity index (χ0) is 21.4. The molecule has 0 aromatic rings. The molecular weight excluding hydrogens is 362 g/mol. The Morgan fingerprint density at radius 2 is 1.64 bits per heavy atom. The molecule has 2 fully saturated rings. The van der Waals surface area contributed by atoms with E-state index in [1.54, 1.807) is 0 Å². The molecule has 7 heteroatoms. The van der Waals surface area contributed by atoms with E-state index in [9.17, 15) is 9.59 Å². The number of esters is 1. The maximum atomic E-state index is 12.6. The summed E-state index contributed by atoms with van der Waals surface area (Å²) in [7, 11) is 0. The third-order valence-corrected chi connectivity index (χ3v) is 6.21. The highest BCUT2D eigenvalue weighted by Gasteiger charge is 2.60. The molecule has 2 aliphatic rings. The Morgan fingerprint density at radius 1 is 1.07 bits per heavy atom. The summed E-state index contributed by atoms with van der Waals surface area (Å²) in [5, 5.41) is 0. The number of hydrogen-bond donors (Lipinski definition) is 0. The second-order valence-corrected chi connectivity index (χ2v) is 9.47. The predicted molar refractivity (Wildman–Crippen MR) is 105 cm³/mol. The largest absolute Gasteiger partial charge is 0.465 e. The van der Waals surface area contributed by atoms with Crippen molar-refractivity contribution in [2.45, 2.75) is 97.6 Å². The number of hydrogen-bond acceptors (Lipinski definition) is 6. The van der Waals surface area contributed by atoms with Crippen molar-refractivity contribution in [1.29, 1.82) is 0 Å². The van der Waals surface area contributed by atoms with Gasteiger partial charge >= 0.3 is 12.1 Å². The molecule has 2 aliphatic heterocycles. The van der Waals surface area contributed by atoms with Crippen LogP contribution < -0.4 is 0 Å². The van der Waals surface area contributed by atoms with Crippen LogP contribution in [0, 0.1) is 5.41 Å². The molecule has 2 atom stereocenters. The van der Waals surface area contributed by atoms with Crippen LogP contribution in [-0.2, 0) is 23.7 Å². The number of piperidine rings is 1. The van der Waals surface area contributed by atoms with Crippen LogP contribution in [0.25, 0.3) is 0 Å². The van der Waals surface area contributed by atoms with Gasteiger partial charge in [-0.05, 0) is 48.0 Å². The maximum Gasteiger partial charge on any atom is 0.410 e. The topological polar surface area (TPSA) is 74.3 Å². The highest BCUT2D eigenvalue weighted by Crippen LogP contribution is 2.51. The molecule has 28 heavy (non-hydrogen) atoms. The summed E-state index contributed by atoms with van der Waals surface area (Å²) in [5.41, 5.74) is -1.38. The summed E-state index contributed by atoms with van der Waals surface area (Å²) in [4.78, 5) is 25.8. The molecule has 162 valence electrons. The average molecular weight is 400 g/mol. The summed E-state index contributed by atoms with van der Waals surface area (Å²) in [6.07, 6.45) is 1.40. The molecule has 7 nitrogen and oxygen atoms in total. The van der Waals surface area contributed by atoms with E-state index in [1.165, 1.54) is 6.92 Å². The number of rotatable bonds is 4. The van der Waals surface area contributed by atoms with Gasteiger partial charge in [0.05, 0.1) is 24.7 Å². The Kier molecular flexibility index (Phi) is 6.41. The van der Waals surface area contributed by atoms with E-state index in [4.69, 9.17) is 18.9 Å². The molecular formula is C21H37NO6. The first-order valence-corrected chi connectivity index (χ1v) is 10.3. The third kappa shape index (κ3) is 4.30. The van der Waals surface area contributed by atoms with Crippen LogP contribution in [0.15, 0.2) is 0 Å². The number of carbonyl (C=O) groups is 2. The molecule has 0 bridgehead atoms. The van der Waals surface area contributed by atoms with E-state index < -0.39 is 16.9 Å². The van der Waals surface area contributed by atoms with Crippen molar-refractivity contribution in [3.05, 3.63) is 0 Å². The van der Waals surface area contributed by atoms with Gasteiger partial charge in [0, 0.05) is 30.8 Å². The molecule has 0 radical (unpaired) electrons. The summed E-state index contributed by atoms with van der Waals surface area (Å²) in [5.74, 6) is -1.09. The van der Waals surface area contributed by atoms with Crippen LogP contribution in [0.3, 0.4) is 0 Å². The molecule has 0 aromatic heterocycles. The number of carbonyl (C=O) groups excluding carboxylic acids is 2. The van der Waals surface area contributed by atoms with Crippen LogP contribution in [0.4, 0.5) is 4.79 Å². The molecule has 2 saturated heterocycles. The Labute approximate surface area is 169 Å². The van der Waals surface area contributed by atoms with Crippen LogP contribution in [0.1, 0.15) is 74.7 Å². The fraction of sp³-hybridized carbons (Fsp3) is 0.905. The fourth-order valence-electron chi connectivity index (χ4n) is 5.00. The van der Waals surface area contributed by atoms with Gasteiger partial charge in [-0.3, -0.25) is 9.69 Å². The molecule has 2 rings (SSSR count). The van der Waals surface area contributed by atoms with Crippen molar-refractivity contribution in [2.75, 3.05) is 19.8 Å². The van der Waals surface area contributed by atoms with E-state index in [0.717, 1.165) is 6.42 Å². The lowest BCUT2D eigenvalue weighted by Gasteiger charge is -2.61. The summed E-state index contributed by atoms with van der Waals surface area (Å²) < 4.78 is 23.5. The second kappa shape index (κ2) is 7.82. The number of amides is 1. The maximum absolute atomic E-state index is 12.6. The van der Waals surface area contributed by atoms with Gasteiger partial charge in [-0.2, -0.15) is 0 Å². The van der Waals surface area contributed by atoms with E-state index in [1.807, 2.05) is 46.4 Å². The van der Waals surface area contributed by atoms with Gasteiger partial charge in [0.15, 0.2) is 5.79 Å². The number of nitrogens with zero attached hydrogens (tertiary/aromatic N) is 1. The number of likely N-dealkylation sites (tertiary alicyclic amines) is 1. The summed E-state index contributed by atoms with van der Waals surface area (Å²) in [6.45, 7) is 16.4. The van der Waals surface area contributed by atoms with Crippen LogP contribution >= 0.6 is 0 Å². The van der Waals surface area contributed by atoms with Gasteiger partial charge in [0.25, 0.3) is 0 Å². The number of ether oxygens (including phenoxy) is 4. The second-order valence-electron chi connectivity index (χ2n) is 9.47. The summed E-state index contributed by atoms with van der Waals surface area (Å²) >= 11 is 0. The summed E-state index contributed by atoms with van der Waals surface area (Å²) in [6, 6.07) is 0. The first-order chi connectivity index (χ1) is 12.8.